The van der Waals surface area contributed by atoms with Gasteiger partial charge in [-0.25, -0.2) is 0 Å². The van der Waals surface area contributed by atoms with E-state index in [4.69, 9.17) is 4.74 Å². The first-order chi connectivity index (χ1) is 12.1. The summed E-state index contributed by atoms with van der Waals surface area (Å²) < 4.78 is 5.93. The van der Waals surface area contributed by atoms with Gasteiger partial charge < -0.3 is 9.64 Å². The highest BCUT2D eigenvalue weighted by molar-refractivity contribution is 5.93. The molecule has 0 saturated heterocycles. The number of carbonyl (C=O) groups is 1. The topological polar surface area (TPSA) is 29.5 Å². The molecule has 0 N–H and O–H groups in total. The zero-order valence-electron chi connectivity index (χ0n) is 14.9. The van der Waals surface area contributed by atoms with E-state index in [9.17, 15) is 4.79 Å². The van der Waals surface area contributed by atoms with E-state index in [0.29, 0.717) is 5.56 Å². The second-order valence-corrected chi connectivity index (χ2v) is 7.68. The third-order valence-corrected chi connectivity index (χ3v) is 5.79. The molecule has 25 heavy (non-hydrogen) atoms. The summed E-state index contributed by atoms with van der Waals surface area (Å²) in [4.78, 5) is 13.5. The summed E-state index contributed by atoms with van der Waals surface area (Å²) in [7, 11) is 3.51. The zero-order chi connectivity index (χ0) is 17.4. The third kappa shape index (κ3) is 3.28. The molecular weight excluding hydrogens is 310 g/mol. The molecule has 0 aliphatic heterocycles. The Labute approximate surface area is 149 Å². The van der Waals surface area contributed by atoms with E-state index in [-0.39, 0.29) is 5.91 Å². The Hall–Kier alpha value is -2.29. The summed E-state index contributed by atoms with van der Waals surface area (Å²) in [5, 5.41) is 0. The van der Waals surface area contributed by atoms with Crippen molar-refractivity contribution in [2.24, 2.45) is 11.8 Å². The lowest BCUT2D eigenvalue weighted by Gasteiger charge is -2.22. The number of ether oxygens (including phenoxy) is 1. The first kappa shape index (κ1) is 16.2. The Morgan fingerprint density at radius 2 is 1.56 bits per heavy atom. The summed E-state index contributed by atoms with van der Waals surface area (Å²) in [6.07, 6.45) is 5.65. The average Bonchev–Trinajstić information content (AvgIpc) is 3.26. The molecule has 0 radical (unpaired) electrons. The van der Waals surface area contributed by atoms with E-state index in [1.807, 2.05) is 12.1 Å². The Kier molecular flexibility index (Phi) is 4.24. The molecule has 3 heteroatoms. The molecule has 2 aromatic rings. The minimum absolute atomic E-state index is 0.00163. The second-order valence-electron chi connectivity index (χ2n) is 7.68. The van der Waals surface area contributed by atoms with Crippen LogP contribution in [0.5, 0.6) is 11.5 Å². The predicted octanol–water partition coefficient (Wildman–Crippen LogP) is 5.08. The normalized spacial score (nSPS) is 24.3. The molecule has 130 valence electrons. The molecule has 3 nitrogen and oxygen atoms in total. The first-order valence-corrected chi connectivity index (χ1v) is 9.19. The summed E-state index contributed by atoms with van der Waals surface area (Å²) in [5.74, 6) is 4.22. The Morgan fingerprint density at radius 1 is 0.920 bits per heavy atom. The molecular formula is C22H25NO2. The van der Waals surface area contributed by atoms with Crippen LogP contribution in [0.3, 0.4) is 0 Å². The van der Waals surface area contributed by atoms with Crippen LogP contribution in [0.2, 0.25) is 0 Å². The zero-order valence-corrected chi connectivity index (χ0v) is 14.9. The van der Waals surface area contributed by atoms with Gasteiger partial charge in [0.2, 0.25) is 0 Å². The number of rotatable bonds is 4. The number of fused-ring (bicyclic) bond motifs is 2. The fraction of sp³-hybridized carbons (Fsp3) is 0.409. The van der Waals surface area contributed by atoms with Crippen molar-refractivity contribution in [3.05, 3.63) is 59.7 Å². The molecule has 3 unspecified atom stereocenters. The van der Waals surface area contributed by atoms with E-state index in [2.05, 4.69) is 24.3 Å². The highest BCUT2D eigenvalue weighted by atomic mass is 16.5. The highest BCUT2D eigenvalue weighted by Crippen LogP contribution is 2.52. The molecule has 0 heterocycles. The maximum Gasteiger partial charge on any atom is 0.253 e. The standard InChI is InChI=1S/C22H25NO2/c1-23(2)22(24)17-7-11-20(12-8-17)25-19-9-5-16(6-10-19)21-14-15-3-4-18(21)13-15/h5-12,15,18,21H,3-4,13-14H2,1-2H3. The minimum Gasteiger partial charge on any atom is -0.457 e. The minimum atomic E-state index is 0.00163. The van der Waals surface area contributed by atoms with Gasteiger partial charge in [0.05, 0.1) is 0 Å². The molecule has 2 aliphatic carbocycles. The molecule has 2 saturated carbocycles. The highest BCUT2D eigenvalue weighted by Gasteiger charge is 2.39. The van der Waals surface area contributed by atoms with E-state index in [1.54, 1.807) is 31.1 Å². The molecule has 4 rings (SSSR count). The van der Waals surface area contributed by atoms with Crippen molar-refractivity contribution >= 4 is 5.91 Å². The average molecular weight is 335 g/mol. The van der Waals surface area contributed by atoms with E-state index < -0.39 is 0 Å². The fourth-order valence-corrected chi connectivity index (χ4v) is 4.50. The largest absolute Gasteiger partial charge is 0.457 e. The first-order valence-electron chi connectivity index (χ1n) is 9.19. The molecule has 0 spiro atoms. The fourth-order valence-electron chi connectivity index (χ4n) is 4.50. The lowest BCUT2D eigenvalue weighted by Crippen LogP contribution is -2.21. The summed E-state index contributed by atoms with van der Waals surface area (Å²) in [6.45, 7) is 0. The third-order valence-electron chi connectivity index (χ3n) is 5.79. The lowest BCUT2D eigenvalue weighted by atomic mass is 9.83. The van der Waals surface area contributed by atoms with Crippen LogP contribution in [-0.4, -0.2) is 24.9 Å². The van der Waals surface area contributed by atoms with Gasteiger partial charge in [0.1, 0.15) is 11.5 Å². The van der Waals surface area contributed by atoms with Crippen molar-refractivity contribution in [3.63, 3.8) is 0 Å². The van der Waals surface area contributed by atoms with Crippen molar-refractivity contribution in [3.8, 4) is 11.5 Å². The molecule has 1 amide bonds. The van der Waals surface area contributed by atoms with E-state index >= 15 is 0 Å². The maximum absolute atomic E-state index is 11.9. The van der Waals surface area contributed by atoms with E-state index in [1.165, 1.54) is 31.2 Å². The van der Waals surface area contributed by atoms with Crippen molar-refractivity contribution < 1.29 is 9.53 Å². The van der Waals surface area contributed by atoms with Gasteiger partial charge in [-0.1, -0.05) is 18.6 Å². The van der Waals surface area contributed by atoms with Crippen LogP contribution in [0.15, 0.2) is 48.5 Å². The van der Waals surface area contributed by atoms with Crippen LogP contribution in [0.25, 0.3) is 0 Å². The van der Waals surface area contributed by atoms with Crippen LogP contribution in [-0.2, 0) is 0 Å². The van der Waals surface area contributed by atoms with Gasteiger partial charge in [-0.2, -0.15) is 0 Å². The Morgan fingerprint density at radius 3 is 2.08 bits per heavy atom. The predicted molar refractivity (Wildman–Crippen MR) is 99.2 cm³/mol. The summed E-state index contributed by atoms with van der Waals surface area (Å²) >= 11 is 0. The van der Waals surface area contributed by atoms with Gasteiger partial charge in [-0.15, -0.1) is 0 Å². The van der Waals surface area contributed by atoms with Crippen molar-refractivity contribution in [1.82, 2.24) is 4.90 Å². The van der Waals surface area contributed by atoms with Crippen LogP contribution in [0.4, 0.5) is 0 Å². The SMILES string of the molecule is CN(C)C(=O)c1ccc(Oc2ccc(C3CC4CCC3C4)cc2)cc1. The molecule has 2 fully saturated rings. The number of benzene rings is 2. The van der Waals surface area contributed by atoms with Crippen LogP contribution < -0.4 is 4.74 Å². The number of carbonyl (C=O) groups excluding carboxylic acids is 1. The number of hydrogen-bond donors (Lipinski definition) is 0. The quantitative estimate of drug-likeness (QED) is 0.779. The molecule has 3 atom stereocenters. The number of nitrogens with zero attached hydrogens (tertiary/aromatic N) is 1. The van der Waals surface area contributed by atoms with Crippen LogP contribution in [0, 0.1) is 11.8 Å². The van der Waals surface area contributed by atoms with E-state index in [0.717, 1.165) is 29.3 Å². The van der Waals surface area contributed by atoms with Gasteiger partial charge in [-0.3, -0.25) is 4.79 Å². The Bertz CT molecular complexity index is 749. The van der Waals surface area contributed by atoms with Gasteiger partial charge in [0.25, 0.3) is 5.91 Å². The molecule has 2 bridgehead atoms. The number of hydrogen-bond acceptors (Lipinski definition) is 2. The van der Waals surface area contributed by atoms with Crippen molar-refractivity contribution in [2.45, 2.75) is 31.6 Å². The monoisotopic (exact) mass is 335 g/mol. The Balaban J connectivity index is 1.42. The smallest absolute Gasteiger partial charge is 0.253 e. The molecule has 2 aromatic carbocycles. The van der Waals surface area contributed by atoms with Gasteiger partial charge in [0, 0.05) is 19.7 Å². The van der Waals surface area contributed by atoms with Gasteiger partial charge >= 0.3 is 0 Å². The van der Waals surface area contributed by atoms with Gasteiger partial charge in [0.15, 0.2) is 0 Å². The summed E-state index contributed by atoms with van der Waals surface area (Å²) in [5.41, 5.74) is 2.13. The molecule has 2 aliphatic rings. The van der Waals surface area contributed by atoms with Gasteiger partial charge in [-0.05, 0) is 79.0 Å². The maximum atomic E-state index is 11.9. The van der Waals surface area contributed by atoms with Crippen LogP contribution >= 0.6 is 0 Å². The summed E-state index contributed by atoms with van der Waals surface area (Å²) in [6, 6.07) is 15.9. The number of amides is 1. The molecule has 0 aromatic heterocycles. The lowest BCUT2D eigenvalue weighted by molar-refractivity contribution is 0.0827. The second kappa shape index (κ2) is 6.55. The van der Waals surface area contributed by atoms with Crippen molar-refractivity contribution in [2.75, 3.05) is 14.1 Å². The van der Waals surface area contributed by atoms with Crippen LogP contribution in [0.1, 0.15) is 47.5 Å². The van der Waals surface area contributed by atoms with Crippen molar-refractivity contribution in [1.29, 1.82) is 0 Å².